The van der Waals surface area contributed by atoms with Crippen molar-refractivity contribution in [2.24, 2.45) is 7.05 Å². The number of rotatable bonds is 2. The number of carboxylic acid groups (broad SMARTS) is 1. The van der Waals surface area contributed by atoms with Gasteiger partial charge >= 0.3 is 5.97 Å². The summed E-state index contributed by atoms with van der Waals surface area (Å²) in [6.07, 6.45) is 0. The number of benzene rings is 2. The Labute approximate surface area is 109 Å². The van der Waals surface area contributed by atoms with Crippen molar-refractivity contribution in [3.05, 3.63) is 54.2 Å². The molecule has 0 aliphatic heterocycles. The molecule has 3 rings (SSSR count). The summed E-state index contributed by atoms with van der Waals surface area (Å²) >= 11 is 0. The first-order valence-electron chi connectivity index (χ1n) is 5.92. The predicted octanol–water partition coefficient (Wildman–Crippen LogP) is 2.94. The third-order valence-corrected chi connectivity index (χ3v) is 3.16. The molecule has 1 heterocycles. The second-order valence-electron chi connectivity index (χ2n) is 4.37. The Morgan fingerprint density at radius 2 is 1.89 bits per heavy atom. The number of hydrogen-bond acceptors (Lipinski definition) is 2. The van der Waals surface area contributed by atoms with Crippen molar-refractivity contribution >= 4 is 16.7 Å². The number of aromatic carboxylic acids is 1. The third-order valence-electron chi connectivity index (χ3n) is 3.16. The standard InChI is InChI=1S/C15H12N2O2/c1-17-14(15(18)19)9-13(16-17)12-8-4-6-10-5-2-3-7-11(10)12/h2-9H,1H3,(H,18,19). The number of hydrogen-bond donors (Lipinski definition) is 1. The molecule has 0 fully saturated rings. The maximum absolute atomic E-state index is 11.1. The van der Waals surface area contributed by atoms with E-state index in [4.69, 9.17) is 5.11 Å². The molecule has 3 aromatic rings. The molecule has 2 aromatic carbocycles. The number of nitrogens with zero attached hydrogens (tertiary/aromatic N) is 2. The highest BCUT2D eigenvalue weighted by molar-refractivity contribution is 5.97. The lowest BCUT2D eigenvalue weighted by Gasteiger charge is -2.03. The van der Waals surface area contributed by atoms with Crippen molar-refractivity contribution in [2.75, 3.05) is 0 Å². The molecule has 1 aromatic heterocycles. The van der Waals surface area contributed by atoms with Crippen LogP contribution in [-0.2, 0) is 7.05 Å². The summed E-state index contributed by atoms with van der Waals surface area (Å²) in [5.74, 6) is -0.971. The molecule has 0 saturated carbocycles. The second-order valence-corrected chi connectivity index (χ2v) is 4.37. The van der Waals surface area contributed by atoms with Crippen LogP contribution in [0.1, 0.15) is 10.5 Å². The number of fused-ring (bicyclic) bond motifs is 1. The molecule has 4 nitrogen and oxygen atoms in total. The molecule has 0 amide bonds. The van der Waals surface area contributed by atoms with E-state index in [1.54, 1.807) is 13.1 Å². The van der Waals surface area contributed by atoms with Gasteiger partial charge in [0.05, 0.1) is 5.69 Å². The molecular formula is C15H12N2O2. The van der Waals surface area contributed by atoms with Gasteiger partial charge in [0.2, 0.25) is 0 Å². The summed E-state index contributed by atoms with van der Waals surface area (Å²) in [5, 5.41) is 15.5. The fraction of sp³-hybridized carbons (Fsp3) is 0.0667. The minimum Gasteiger partial charge on any atom is -0.477 e. The van der Waals surface area contributed by atoms with Crippen molar-refractivity contribution in [2.45, 2.75) is 0 Å². The SMILES string of the molecule is Cn1nc(-c2cccc3ccccc23)cc1C(=O)O. The molecular weight excluding hydrogens is 240 g/mol. The van der Waals surface area contributed by atoms with Crippen LogP contribution < -0.4 is 0 Å². The zero-order valence-corrected chi connectivity index (χ0v) is 10.4. The van der Waals surface area contributed by atoms with Crippen LogP contribution in [0, 0.1) is 0 Å². The van der Waals surface area contributed by atoms with Crippen molar-refractivity contribution in [3.8, 4) is 11.3 Å². The fourth-order valence-corrected chi connectivity index (χ4v) is 2.25. The minimum atomic E-state index is -0.971. The molecule has 0 saturated heterocycles. The molecule has 0 aliphatic rings. The first kappa shape index (κ1) is 11.5. The predicted molar refractivity (Wildman–Crippen MR) is 73.1 cm³/mol. The Morgan fingerprint density at radius 3 is 2.63 bits per heavy atom. The summed E-state index contributed by atoms with van der Waals surface area (Å²) in [6, 6.07) is 15.5. The molecule has 0 radical (unpaired) electrons. The highest BCUT2D eigenvalue weighted by Gasteiger charge is 2.14. The largest absolute Gasteiger partial charge is 0.477 e. The number of carboxylic acids is 1. The molecule has 94 valence electrons. The topological polar surface area (TPSA) is 55.1 Å². The quantitative estimate of drug-likeness (QED) is 0.763. The summed E-state index contributed by atoms with van der Waals surface area (Å²) in [7, 11) is 1.64. The van der Waals surface area contributed by atoms with Crippen molar-refractivity contribution in [3.63, 3.8) is 0 Å². The first-order valence-corrected chi connectivity index (χ1v) is 5.92. The van der Waals surface area contributed by atoms with Gasteiger partial charge in [-0.15, -0.1) is 0 Å². The Kier molecular flexibility index (Phi) is 2.56. The molecule has 0 spiro atoms. The van der Waals surface area contributed by atoms with Crippen LogP contribution >= 0.6 is 0 Å². The molecule has 4 heteroatoms. The second kappa shape index (κ2) is 4.24. The Hall–Kier alpha value is -2.62. The lowest BCUT2D eigenvalue weighted by atomic mass is 10.0. The molecule has 1 N–H and O–H groups in total. The number of aromatic nitrogens is 2. The lowest BCUT2D eigenvalue weighted by Crippen LogP contribution is -2.04. The van der Waals surface area contributed by atoms with E-state index in [1.807, 2.05) is 42.5 Å². The Balaban J connectivity index is 2.25. The van der Waals surface area contributed by atoms with E-state index >= 15 is 0 Å². The lowest BCUT2D eigenvalue weighted by molar-refractivity contribution is 0.0685. The van der Waals surface area contributed by atoms with Crippen molar-refractivity contribution in [1.82, 2.24) is 9.78 Å². The van der Waals surface area contributed by atoms with Gasteiger partial charge in [0.1, 0.15) is 5.69 Å². The van der Waals surface area contributed by atoms with Crippen LogP contribution in [0.2, 0.25) is 0 Å². The molecule has 0 atom stereocenters. The molecule has 0 aliphatic carbocycles. The maximum atomic E-state index is 11.1. The highest BCUT2D eigenvalue weighted by Crippen LogP contribution is 2.27. The summed E-state index contributed by atoms with van der Waals surface area (Å²) in [5.41, 5.74) is 1.81. The van der Waals surface area contributed by atoms with E-state index in [1.165, 1.54) is 4.68 Å². The van der Waals surface area contributed by atoms with Crippen LogP contribution in [0.3, 0.4) is 0 Å². The van der Waals surface area contributed by atoms with Gasteiger partial charge in [-0.05, 0) is 16.8 Å². The van der Waals surface area contributed by atoms with Crippen LogP contribution in [-0.4, -0.2) is 20.9 Å². The van der Waals surface area contributed by atoms with Crippen LogP contribution in [0.5, 0.6) is 0 Å². The van der Waals surface area contributed by atoms with Gasteiger partial charge in [0, 0.05) is 12.6 Å². The van der Waals surface area contributed by atoms with Gasteiger partial charge in [-0.3, -0.25) is 4.68 Å². The fourth-order valence-electron chi connectivity index (χ4n) is 2.25. The molecule has 0 unspecified atom stereocenters. The smallest absolute Gasteiger partial charge is 0.354 e. The van der Waals surface area contributed by atoms with Gasteiger partial charge in [-0.25, -0.2) is 4.79 Å². The molecule has 0 bridgehead atoms. The van der Waals surface area contributed by atoms with E-state index in [0.29, 0.717) is 5.69 Å². The van der Waals surface area contributed by atoms with Crippen molar-refractivity contribution in [1.29, 1.82) is 0 Å². The minimum absolute atomic E-state index is 0.183. The third kappa shape index (κ3) is 1.87. The number of aryl methyl sites for hydroxylation is 1. The van der Waals surface area contributed by atoms with E-state index < -0.39 is 5.97 Å². The molecule has 19 heavy (non-hydrogen) atoms. The maximum Gasteiger partial charge on any atom is 0.354 e. The van der Waals surface area contributed by atoms with E-state index in [0.717, 1.165) is 16.3 Å². The average Bonchev–Trinajstić information content (AvgIpc) is 2.80. The Bertz CT molecular complexity index is 769. The monoisotopic (exact) mass is 252 g/mol. The summed E-state index contributed by atoms with van der Waals surface area (Å²) < 4.78 is 1.39. The number of carbonyl (C=O) groups is 1. The van der Waals surface area contributed by atoms with E-state index in [2.05, 4.69) is 5.10 Å². The van der Waals surface area contributed by atoms with Gasteiger partial charge < -0.3 is 5.11 Å². The van der Waals surface area contributed by atoms with Gasteiger partial charge in [0.25, 0.3) is 0 Å². The van der Waals surface area contributed by atoms with Gasteiger partial charge in [-0.1, -0.05) is 42.5 Å². The summed E-state index contributed by atoms with van der Waals surface area (Å²) in [4.78, 5) is 11.1. The highest BCUT2D eigenvalue weighted by atomic mass is 16.4. The summed E-state index contributed by atoms with van der Waals surface area (Å²) in [6.45, 7) is 0. The van der Waals surface area contributed by atoms with Crippen LogP contribution in [0.25, 0.3) is 22.0 Å². The van der Waals surface area contributed by atoms with Gasteiger partial charge in [0.15, 0.2) is 0 Å². The normalized spacial score (nSPS) is 10.8. The Morgan fingerprint density at radius 1 is 1.16 bits per heavy atom. The first-order chi connectivity index (χ1) is 9.16. The van der Waals surface area contributed by atoms with E-state index in [9.17, 15) is 4.79 Å². The van der Waals surface area contributed by atoms with Crippen LogP contribution in [0.15, 0.2) is 48.5 Å². The van der Waals surface area contributed by atoms with Crippen molar-refractivity contribution < 1.29 is 9.90 Å². The average molecular weight is 252 g/mol. The van der Waals surface area contributed by atoms with E-state index in [-0.39, 0.29) is 5.69 Å². The zero-order chi connectivity index (χ0) is 13.4. The van der Waals surface area contributed by atoms with Crippen LogP contribution in [0.4, 0.5) is 0 Å². The zero-order valence-electron chi connectivity index (χ0n) is 10.4. The van der Waals surface area contributed by atoms with Gasteiger partial charge in [-0.2, -0.15) is 5.10 Å².